The van der Waals surface area contributed by atoms with Crippen LogP contribution in [0.4, 0.5) is 0 Å². The second kappa shape index (κ2) is 8.14. The van der Waals surface area contributed by atoms with Gasteiger partial charge in [0.1, 0.15) is 0 Å². The summed E-state index contributed by atoms with van der Waals surface area (Å²) >= 11 is 1.72. The fraction of sp³-hybridized carbons (Fsp3) is 0. The van der Waals surface area contributed by atoms with E-state index in [1.165, 1.54) is 54.1 Å². The number of hydrogen-bond donors (Lipinski definition) is 0. The molecule has 0 aliphatic rings. The molecule has 0 unspecified atom stereocenters. The molecule has 3 nitrogen and oxygen atoms in total. The monoisotopic (exact) mass is 657 g/mol. The Morgan fingerprint density at radius 3 is 2.25 bits per heavy atom. The van der Waals surface area contributed by atoms with Gasteiger partial charge in [0.15, 0.2) is 0 Å². The molecule has 1 radical (unpaired) electrons. The van der Waals surface area contributed by atoms with E-state index in [-0.39, 0.29) is 20.1 Å². The van der Waals surface area contributed by atoms with Gasteiger partial charge in [0.2, 0.25) is 0 Å². The molecule has 8 rings (SSSR count). The van der Waals surface area contributed by atoms with Crippen molar-refractivity contribution < 1.29 is 20.1 Å². The topological polar surface area (TPSA) is 22.2 Å². The molecule has 0 spiro atoms. The quantitative estimate of drug-likeness (QED) is 0.172. The zero-order valence-corrected chi connectivity index (χ0v) is 22.2. The van der Waals surface area contributed by atoms with Crippen LogP contribution in [0.2, 0.25) is 0 Å². The first-order chi connectivity index (χ1) is 17.4. The summed E-state index contributed by atoms with van der Waals surface area (Å²) in [7, 11) is 0. The first-order valence-electron chi connectivity index (χ1n) is 11.6. The Balaban J connectivity index is 0.00000220. The van der Waals surface area contributed by atoms with Crippen molar-refractivity contribution in [3.63, 3.8) is 0 Å². The number of hydrogen-bond acceptors (Lipinski definition) is 2. The van der Waals surface area contributed by atoms with Crippen molar-refractivity contribution in [2.45, 2.75) is 0 Å². The van der Waals surface area contributed by atoms with Crippen molar-refractivity contribution >= 4 is 59.6 Å². The van der Waals surface area contributed by atoms with Crippen molar-refractivity contribution in [3.05, 3.63) is 115 Å². The van der Waals surface area contributed by atoms with Crippen molar-refractivity contribution in [2.75, 3.05) is 0 Å². The number of fused-ring (bicyclic) bond motifs is 9. The number of benzene rings is 4. The van der Waals surface area contributed by atoms with Crippen LogP contribution in [0.15, 0.2) is 109 Å². The van der Waals surface area contributed by atoms with Crippen molar-refractivity contribution in [1.82, 2.24) is 14.2 Å². The molecule has 0 saturated carbocycles. The van der Waals surface area contributed by atoms with Crippen molar-refractivity contribution in [1.29, 1.82) is 0 Å². The second-order valence-electron chi connectivity index (χ2n) is 8.87. The molecule has 4 heterocycles. The summed E-state index contributed by atoms with van der Waals surface area (Å²) in [6, 6.07) is 38.4. The number of rotatable bonds is 2. The summed E-state index contributed by atoms with van der Waals surface area (Å²) in [6.07, 6.45) is 1.87. The molecule has 8 aromatic rings. The van der Waals surface area contributed by atoms with Crippen LogP contribution in [0, 0.1) is 6.07 Å². The zero-order valence-electron chi connectivity index (χ0n) is 19.0. The Morgan fingerprint density at radius 2 is 1.36 bits per heavy atom. The summed E-state index contributed by atoms with van der Waals surface area (Å²) < 4.78 is 5.58. The minimum Gasteiger partial charge on any atom is -0.309 e. The number of aromatic nitrogens is 3. The Morgan fingerprint density at radius 1 is 0.639 bits per heavy atom. The Kier molecular flexibility index (Phi) is 4.87. The van der Waals surface area contributed by atoms with Gasteiger partial charge in [-0.05, 0) is 52.9 Å². The van der Waals surface area contributed by atoms with Crippen LogP contribution in [0.1, 0.15) is 0 Å². The van der Waals surface area contributed by atoms with Crippen LogP contribution in [0.5, 0.6) is 0 Å². The van der Waals surface area contributed by atoms with Gasteiger partial charge < -0.3 is 4.57 Å². The Labute approximate surface area is 224 Å². The maximum Gasteiger partial charge on any atom is 0.0696 e. The van der Waals surface area contributed by atoms with Crippen molar-refractivity contribution in [3.8, 4) is 16.8 Å². The van der Waals surface area contributed by atoms with E-state index in [4.69, 9.17) is 0 Å². The van der Waals surface area contributed by atoms with Crippen LogP contribution in [0.25, 0.3) is 65.1 Å². The Hall–Kier alpha value is -3.76. The van der Waals surface area contributed by atoms with E-state index in [9.17, 15) is 0 Å². The van der Waals surface area contributed by atoms with E-state index in [2.05, 4.69) is 113 Å². The van der Waals surface area contributed by atoms with Crippen LogP contribution in [0.3, 0.4) is 0 Å². The van der Waals surface area contributed by atoms with Gasteiger partial charge in [-0.15, -0.1) is 5.38 Å². The zero-order chi connectivity index (χ0) is 22.9. The molecule has 0 N–H and O–H groups in total. The summed E-state index contributed by atoms with van der Waals surface area (Å²) in [5.74, 6) is 0. The van der Waals surface area contributed by atoms with Crippen molar-refractivity contribution in [2.24, 2.45) is 0 Å². The molecular formula is C31H18IrN3S-. The first-order valence-corrected chi connectivity index (χ1v) is 12.5. The first kappa shape index (κ1) is 21.5. The van der Waals surface area contributed by atoms with Gasteiger partial charge in [0, 0.05) is 42.8 Å². The molecule has 0 amide bonds. The van der Waals surface area contributed by atoms with Gasteiger partial charge in [0.25, 0.3) is 0 Å². The molecule has 4 aromatic carbocycles. The van der Waals surface area contributed by atoms with E-state index in [1.807, 2.05) is 16.1 Å². The third kappa shape index (κ3) is 2.97. The van der Waals surface area contributed by atoms with E-state index in [0.29, 0.717) is 0 Å². The average Bonchev–Trinajstić information content (AvgIpc) is 3.66. The predicted octanol–water partition coefficient (Wildman–Crippen LogP) is 8.26. The second-order valence-corrected chi connectivity index (χ2v) is 9.75. The minimum absolute atomic E-state index is 0. The van der Waals surface area contributed by atoms with Crippen LogP contribution >= 0.6 is 11.3 Å². The van der Waals surface area contributed by atoms with E-state index in [1.54, 1.807) is 11.3 Å². The van der Waals surface area contributed by atoms with Gasteiger partial charge in [-0.3, -0.25) is 15.9 Å². The van der Waals surface area contributed by atoms with Gasteiger partial charge in [0.05, 0.1) is 16.6 Å². The molecule has 36 heavy (non-hydrogen) atoms. The smallest absolute Gasteiger partial charge is 0.0696 e. The number of pyridine rings is 1. The summed E-state index contributed by atoms with van der Waals surface area (Å²) in [5, 5.41) is 11.6. The maximum absolute atomic E-state index is 4.53. The molecule has 173 valence electrons. The standard InChI is InChI=1S/C31H18N3S.Ir/c1-2-6-22(7-3-1)33-27-9-5-4-8-23(27)25-18-21(11-13-28(25)33)20-10-12-24-26(19-20)31-30(15-17-35-31)34-29(24)14-16-32-34;/h1-14,16-19H;/q-1;. The largest absolute Gasteiger partial charge is 0.309 e. The number of nitrogens with zero attached hydrogens (tertiary/aromatic N) is 3. The predicted molar refractivity (Wildman–Crippen MR) is 147 cm³/mol. The van der Waals surface area contributed by atoms with Crippen LogP contribution < -0.4 is 0 Å². The van der Waals surface area contributed by atoms with E-state index in [0.717, 1.165) is 11.0 Å². The fourth-order valence-electron chi connectivity index (χ4n) is 5.44. The van der Waals surface area contributed by atoms with Crippen LogP contribution in [-0.2, 0) is 20.1 Å². The molecule has 0 atom stereocenters. The summed E-state index contributed by atoms with van der Waals surface area (Å²) in [5.41, 5.74) is 8.22. The molecule has 0 aliphatic heterocycles. The number of para-hydroxylation sites is 2. The van der Waals surface area contributed by atoms with E-state index >= 15 is 0 Å². The molecule has 0 aliphatic carbocycles. The average molecular weight is 657 g/mol. The Bertz CT molecular complexity index is 2060. The summed E-state index contributed by atoms with van der Waals surface area (Å²) in [6.45, 7) is 0. The van der Waals surface area contributed by atoms with Gasteiger partial charge >= 0.3 is 0 Å². The number of thiophene rings is 1. The molecule has 4 aromatic heterocycles. The van der Waals surface area contributed by atoms with Gasteiger partial charge in [-0.25, -0.2) is 6.07 Å². The van der Waals surface area contributed by atoms with Gasteiger partial charge in [-0.2, -0.15) is 5.10 Å². The maximum atomic E-state index is 4.53. The SMILES string of the molecule is [Ir].[c-]1csc2c3cc(-c4ccc5c(c4)c4ccccc4n5-c4ccccc4)ccc3c3ccnn3c12. The third-order valence-corrected chi connectivity index (χ3v) is 7.89. The summed E-state index contributed by atoms with van der Waals surface area (Å²) in [4.78, 5) is 0. The van der Waals surface area contributed by atoms with E-state index < -0.39 is 0 Å². The molecule has 0 fully saturated rings. The minimum atomic E-state index is 0. The molecular weight excluding hydrogens is 639 g/mol. The van der Waals surface area contributed by atoms with Crippen LogP contribution in [-0.4, -0.2) is 14.2 Å². The molecule has 5 heteroatoms. The molecule has 0 bridgehead atoms. The fourth-order valence-corrected chi connectivity index (χ4v) is 6.28. The van der Waals surface area contributed by atoms with Gasteiger partial charge in [-0.1, -0.05) is 76.3 Å². The third-order valence-electron chi connectivity index (χ3n) is 7.00. The molecule has 0 saturated heterocycles. The normalized spacial score (nSPS) is 11.7.